The van der Waals surface area contributed by atoms with Crippen LogP contribution in [0, 0.1) is 10.1 Å². The number of carbonyl (C=O) groups excluding carboxylic acids is 1. The lowest BCUT2D eigenvalue weighted by Crippen LogP contribution is -2.32. The van der Waals surface area contributed by atoms with Crippen molar-refractivity contribution in [1.82, 2.24) is 10.3 Å². The van der Waals surface area contributed by atoms with Crippen LogP contribution in [0.1, 0.15) is 29.6 Å². The molecular formula is C13H18N4O3S. The van der Waals surface area contributed by atoms with Gasteiger partial charge in [0, 0.05) is 24.9 Å². The Kier molecular flexibility index (Phi) is 5.38. The molecule has 0 bridgehead atoms. The summed E-state index contributed by atoms with van der Waals surface area (Å²) < 4.78 is 0. The predicted molar refractivity (Wildman–Crippen MR) is 82.9 cm³/mol. The molecule has 0 radical (unpaired) electrons. The SMILES string of the molecule is CNc1ncc([N+](=O)[O-])cc1C(=O)NCC1CCCCS1. The zero-order chi connectivity index (χ0) is 15.2. The zero-order valence-electron chi connectivity index (χ0n) is 11.8. The minimum absolute atomic E-state index is 0.189. The first-order valence-corrected chi connectivity index (χ1v) is 7.88. The van der Waals surface area contributed by atoms with Crippen molar-refractivity contribution >= 4 is 29.2 Å². The summed E-state index contributed by atoms with van der Waals surface area (Å²) in [5.74, 6) is 1.14. The first-order valence-electron chi connectivity index (χ1n) is 6.84. The Morgan fingerprint density at radius 2 is 2.38 bits per heavy atom. The molecule has 0 aliphatic carbocycles. The molecule has 2 N–H and O–H groups in total. The molecule has 1 aliphatic heterocycles. The van der Waals surface area contributed by atoms with Crippen LogP contribution in [-0.4, -0.2) is 40.4 Å². The molecule has 1 aromatic rings. The van der Waals surface area contributed by atoms with E-state index in [1.54, 1.807) is 7.05 Å². The second kappa shape index (κ2) is 7.26. The monoisotopic (exact) mass is 310 g/mol. The van der Waals surface area contributed by atoms with Crippen LogP contribution < -0.4 is 10.6 Å². The number of hydrogen-bond donors (Lipinski definition) is 2. The number of aromatic nitrogens is 1. The molecule has 0 aromatic carbocycles. The van der Waals surface area contributed by atoms with Crippen molar-refractivity contribution in [3.63, 3.8) is 0 Å². The number of thioether (sulfide) groups is 1. The van der Waals surface area contributed by atoms with Crippen molar-refractivity contribution in [2.75, 3.05) is 24.7 Å². The Hall–Kier alpha value is -1.83. The molecule has 1 amide bonds. The van der Waals surface area contributed by atoms with Crippen LogP contribution in [0.4, 0.5) is 11.5 Å². The number of nitrogens with zero attached hydrogens (tertiary/aromatic N) is 2. The molecule has 0 saturated carbocycles. The van der Waals surface area contributed by atoms with E-state index in [0.717, 1.165) is 18.4 Å². The van der Waals surface area contributed by atoms with E-state index < -0.39 is 4.92 Å². The maximum Gasteiger partial charge on any atom is 0.288 e. The molecule has 2 heterocycles. The number of anilines is 1. The number of hydrogen-bond acceptors (Lipinski definition) is 6. The molecular weight excluding hydrogens is 292 g/mol. The van der Waals surface area contributed by atoms with E-state index in [4.69, 9.17) is 0 Å². The Morgan fingerprint density at radius 3 is 3.00 bits per heavy atom. The molecule has 2 rings (SSSR count). The van der Waals surface area contributed by atoms with Gasteiger partial charge in [0.2, 0.25) is 0 Å². The molecule has 8 heteroatoms. The highest BCUT2D eigenvalue weighted by molar-refractivity contribution is 7.99. The number of rotatable bonds is 5. The highest BCUT2D eigenvalue weighted by Gasteiger charge is 2.19. The van der Waals surface area contributed by atoms with Gasteiger partial charge in [-0.05, 0) is 18.6 Å². The number of nitro groups is 1. The summed E-state index contributed by atoms with van der Waals surface area (Å²) in [7, 11) is 1.63. The molecule has 1 atom stereocenters. The zero-order valence-corrected chi connectivity index (χ0v) is 12.6. The summed E-state index contributed by atoms with van der Waals surface area (Å²) >= 11 is 1.86. The number of carbonyl (C=O) groups is 1. The van der Waals surface area contributed by atoms with Crippen LogP contribution in [-0.2, 0) is 0 Å². The van der Waals surface area contributed by atoms with Crippen LogP contribution in [0.5, 0.6) is 0 Å². The first kappa shape index (κ1) is 15.6. The molecule has 1 aromatic heterocycles. The van der Waals surface area contributed by atoms with Crippen LogP contribution in [0.25, 0.3) is 0 Å². The van der Waals surface area contributed by atoms with E-state index >= 15 is 0 Å². The van der Waals surface area contributed by atoms with Gasteiger partial charge >= 0.3 is 0 Å². The van der Waals surface area contributed by atoms with Crippen LogP contribution in [0.15, 0.2) is 12.3 Å². The third kappa shape index (κ3) is 4.07. The topological polar surface area (TPSA) is 97.2 Å². The fraction of sp³-hybridized carbons (Fsp3) is 0.538. The summed E-state index contributed by atoms with van der Waals surface area (Å²) in [4.78, 5) is 26.4. The standard InChI is InChI=1S/C13H18N4O3S/c1-14-12-11(6-9(7-15-12)17(19)20)13(18)16-8-10-4-2-3-5-21-10/h6-7,10H,2-5,8H2,1H3,(H,14,15)(H,16,18). The fourth-order valence-electron chi connectivity index (χ4n) is 2.20. The fourth-order valence-corrected chi connectivity index (χ4v) is 3.43. The quantitative estimate of drug-likeness (QED) is 0.638. The lowest BCUT2D eigenvalue weighted by molar-refractivity contribution is -0.385. The summed E-state index contributed by atoms with van der Waals surface area (Å²) in [5, 5.41) is 16.8. The van der Waals surface area contributed by atoms with Crippen molar-refractivity contribution < 1.29 is 9.72 Å². The van der Waals surface area contributed by atoms with E-state index in [1.165, 1.54) is 18.9 Å². The normalized spacial score (nSPS) is 18.0. The third-order valence-electron chi connectivity index (χ3n) is 3.33. The van der Waals surface area contributed by atoms with Gasteiger partial charge < -0.3 is 10.6 Å². The predicted octanol–water partition coefficient (Wildman–Crippen LogP) is 2.05. The van der Waals surface area contributed by atoms with E-state index in [-0.39, 0.29) is 17.2 Å². The van der Waals surface area contributed by atoms with E-state index in [0.29, 0.717) is 17.6 Å². The average Bonchev–Trinajstić information content (AvgIpc) is 2.52. The highest BCUT2D eigenvalue weighted by atomic mass is 32.2. The van der Waals surface area contributed by atoms with Gasteiger partial charge in [-0.1, -0.05) is 6.42 Å². The Balaban J connectivity index is 2.06. The van der Waals surface area contributed by atoms with Crippen LogP contribution >= 0.6 is 11.8 Å². The van der Waals surface area contributed by atoms with Crippen molar-refractivity contribution in [2.24, 2.45) is 0 Å². The minimum atomic E-state index is -0.555. The summed E-state index contributed by atoms with van der Waals surface area (Å²) in [5.41, 5.74) is 0.0127. The number of nitrogens with one attached hydrogen (secondary N) is 2. The van der Waals surface area contributed by atoms with Crippen molar-refractivity contribution in [3.8, 4) is 0 Å². The lowest BCUT2D eigenvalue weighted by Gasteiger charge is -2.21. The van der Waals surface area contributed by atoms with Gasteiger partial charge in [0.15, 0.2) is 0 Å². The van der Waals surface area contributed by atoms with Crippen molar-refractivity contribution in [3.05, 3.63) is 27.9 Å². The smallest absolute Gasteiger partial charge is 0.288 e. The maximum absolute atomic E-state index is 12.2. The van der Waals surface area contributed by atoms with Crippen molar-refractivity contribution in [1.29, 1.82) is 0 Å². The van der Waals surface area contributed by atoms with E-state index in [9.17, 15) is 14.9 Å². The average molecular weight is 310 g/mol. The second-order valence-electron chi connectivity index (χ2n) is 4.80. The largest absolute Gasteiger partial charge is 0.372 e. The number of pyridine rings is 1. The van der Waals surface area contributed by atoms with Gasteiger partial charge in [-0.25, -0.2) is 4.98 Å². The molecule has 21 heavy (non-hydrogen) atoms. The van der Waals surface area contributed by atoms with Gasteiger partial charge in [-0.15, -0.1) is 0 Å². The molecule has 7 nitrogen and oxygen atoms in total. The van der Waals surface area contributed by atoms with Gasteiger partial charge in [0.25, 0.3) is 11.6 Å². The van der Waals surface area contributed by atoms with E-state index in [2.05, 4.69) is 15.6 Å². The third-order valence-corrected chi connectivity index (χ3v) is 4.73. The summed E-state index contributed by atoms with van der Waals surface area (Å²) in [6.07, 6.45) is 4.65. The van der Waals surface area contributed by atoms with Crippen molar-refractivity contribution in [2.45, 2.75) is 24.5 Å². The highest BCUT2D eigenvalue weighted by Crippen LogP contribution is 2.24. The first-order chi connectivity index (χ1) is 10.1. The maximum atomic E-state index is 12.2. The van der Waals surface area contributed by atoms with Gasteiger partial charge in [-0.3, -0.25) is 14.9 Å². The molecule has 114 valence electrons. The van der Waals surface area contributed by atoms with Crippen LogP contribution in [0.2, 0.25) is 0 Å². The molecule has 1 saturated heterocycles. The van der Waals surface area contributed by atoms with Crippen LogP contribution in [0.3, 0.4) is 0 Å². The molecule has 0 spiro atoms. The lowest BCUT2D eigenvalue weighted by atomic mass is 10.1. The molecule has 1 unspecified atom stereocenters. The van der Waals surface area contributed by atoms with Gasteiger partial charge in [0.1, 0.15) is 12.0 Å². The summed E-state index contributed by atoms with van der Waals surface area (Å²) in [6, 6.07) is 1.25. The Labute approximate surface area is 127 Å². The Morgan fingerprint density at radius 1 is 1.57 bits per heavy atom. The van der Waals surface area contributed by atoms with Gasteiger partial charge in [0.05, 0.1) is 10.5 Å². The summed E-state index contributed by atoms with van der Waals surface area (Å²) in [6.45, 7) is 0.579. The van der Waals surface area contributed by atoms with E-state index in [1.807, 2.05) is 11.8 Å². The molecule has 1 fully saturated rings. The second-order valence-corrected chi connectivity index (χ2v) is 6.20. The molecule has 1 aliphatic rings. The van der Waals surface area contributed by atoms with Gasteiger partial charge in [-0.2, -0.15) is 11.8 Å². The Bertz CT molecular complexity index is 532. The minimum Gasteiger partial charge on any atom is -0.372 e. The number of amides is 1.